The standard InChI is InChI=1S/C17H25Br/c1-3-4-7-14-8-10-15(11-9-14)16(18)17(2)12-5-6-13-17/h8-11,16H,3-7,12-13H2,1-2H3. The molecule has 0 bridgehead atoms. The molecule has 0 aromatic heterocycles. The van der Waals surface area contributed by atoms with Gasteiger partial charge in [-0.2, -0.15) is 0 Å². The van der Waals surface area contributed by atoms with Gasteiger partial charge in [0.15, 0.2) is 0 Å². The van der Waals surface area contributed by atoms with Crippen LogP contribution in [0.1, 0.15) is 68.3 Å². The molecule has 100 valence electrons. The maximum absolute atomic E-state index is 3.95. The maximum atomic E-state index is 3.95. The van der Waals surface area contributed by atoms with Crippen molar-refractivity contribution in [2.75, 3.05) is 0 Å². The molecule has 1 aliphatic carbocycles. The largest absolute Gasteiger partial charge is 0.0833 e. The van der Waals surface area contributed by atoms with Gasteiger partial charge < -0.3 is 0 Å². The van der Waals surface area contributed by atoms with Gasteiger partial charge >= 0.3 is 0 Å². The minimum atomic E-state index is 0.463. The molecule has 0 spiro atoms. The fourth-order valence-corrected chi connectivity index (χ4v) is 3.84. The number of alkyl halides is 1. The van der Waals surface area contributed by atoms with Gasteiger partial charge in [-0.15, -0.1) is 0 Å². The zero-order valence-corrected chi connectivity index (χ0v) is 13.3. The van der Waals surface area contributed by atoms with Crippen molar-refractivity contribution in [1.82, 2.24) is 0 Å². The van der Waals surface area contributed by atoms with Gasteiger partial charge in [0.25, 0.3) is 0 Å². The molecule has 1 aliphatic rings. The first-order valence-corrected chi connectivity index (χ1v) is 8.30. The van der Waals surface area contributed by atoms with Crippen LogP contribution >= 0.6 is 15.9 Å². The van der Waals surface area contributed by atoms with Crippen LogP contribution in [-0.2, 0) is 6.42 Å². The van der Waals surface area contributed by atoms with Crippen molar-refractivity contribution in [1.29, 1.82) is 0 Å². The molecule has 1 saturated carbocycles. The molecule has 0 radical (unpaired) electrons. The summed E-state index contributed by atoms with van der Waals surface area (Å²) in [4.78, 5) is 0.521. The predicted octanol–water partition coefficient (Wildman–Crippen LogP) is 6.05. The van der Waals surface area contributed by atoms with Crippen LogP contribution in [0, 0.1) is 5.41 Å². The van der Waals surface area contributed by atoms with E-state index in [9.17, 15) is 0 Å². The van der Waals surface area contributed by atoms with E-state index in [0.29, 0.717) is 10.2 Å². The van der Waals surface area contributed by atoms with Crippen LogP contribution in [0.5, 0.6) is 0 Å². The summed E-state index contributed by atoms with van der Waals surface area (Å²) in [6.07, 6.45) is 9.32. The van der Waals surface area contributed by atoms with Crippen molar-refractivity contribution in [3.63, 3.8) is 0 Å². The van der Waals surface area contributed by atoms with E-state index in [-0.39, 0.29) is 0 Å². The molecule has 0 amide bonds. The second-order valence-corrected chi connectivity index (χ2v) is 6.98. The van der Waals surface area contributed by atoms with Gasteiger partial charge in [0.2, 0.25) is 0 Å². The molecule has 1 atom stereocenters. The highest BCUT2D eigenvalue weighted by molar-refractivity contribution is 9.09. The summed E-state index contributed by atoms with van der Waals surface area (Å²) in [5.74, 6) is 0. The van der Waals surface area contributed by atoms with Crippen molar-refractivity contribution in [3.8, 4) is 0 Å². The lowest BCUT2D eigenvalue weighted by Gasteiger charge is -2.30. The number of aryl methyl sites for hydroxylation is 1. The fourth-order valence-electron chi connectivity index (χ4n) is 3.07. The first-order valence-electron chi connectivity index (χ1n) is 7.38. The molecule has 0 heterocycles. The molecule has 1 unspecified atom stereocenters. The number of benzene rings is 1. The Bertz CT molecular complexity index is 360. The summed E-state index contributed by atoms with van der Waals surface area (Å²) in [7, 11) is 0. The molecule has 0 N–H and O–H groups in total. The minimum absolute atomic E-state index is 0.463. The van der Waals surface area contributed by atoms with Crippen molar-refractivity contribution in [3.05, 3.63) is 35.4 Å². The van der Waals surface area contributed by atoms with Crippen LogP contribution in [0.3, 0.4) is 0 Å². The third-order valence-electron chi connectivity index (χ3n) is 4.45. The topological polar surface area (TPSA) is 0 Å². The Labute approximate surface area is 120 Å². The third kappa shape index (κ3) is 3.17. The molecular formula is C17H25Br. The van der Waals surface area contributed by atoms with Crippen LogP contribution in [0.25, 0.3) is 0 Å². The van der Waals surface area contributed by atoms with E-state index in [1.807, 2.05) is 0 Å². The van der Waals surface area contributed by atoms with Crippen LogP contribution in [-0.4, -0.2) is 0 Å². The average molecular weight is 309 g/mol. The van der Waals surface area contributed by atoms with Crippen LogP contribution in [0.2, 0.25) is 0 Å². The highest BCUT2D eigenvalue weighted by Crippen LogP contribution is 2.51. The van der Waals surface area contributed by atoms with Gasteiger partial charge in [0, 0.05) is 4.83 Å². The van der Waals surface area contributed by atoms with Crippen LogP contribution < -0.4 is 0 Å². The first kappa shape index (κ1) is 14.1. The normalized spacial score (nSPS) is 19.9. The Morgan fingerprint density at radius 1 is 1.17 bits per heavy atom. The molecule has 1 aromatic carbocycles. The monoisotopic (exact) mass is 308 g/mol. The van der Waals surface area contributed by atoms with E-state index in [4.69, 9.17) is 0 Å². The lowest BCUT2D eigenvalue weighted by atomic mass is 9.82. The Morgan fingerprint density at radius 2 is 1.78 bits per heavy atom. The number of halogens is 1. The van der Waals surface area contributed by atoms with Crippen LogP contribution in [0.4, 0.5) is 0 Å². The summed E-state index contributed by atoms with van der Waals surface area (Å²) >= 11 is 3.95. The van der Waals surface area contributed by atoms with Gasteiger partial charge in [-0.25, -0.2) is 0 Å². The van der Waals surface area contributed by atoms with Crippen molar-refractivity contribution >= 4 is 15.9 Å². The molecule has 0 aliphatic heterocycles. The van der Waals surface area contributed by atoms with Gasteiger partial charge in [-0.05, 0) is 42.2 Å². The van der Waals surface area contributed by atoms with Gasteiger partial charge in [-0.3, -0.25) is 0 Å². The fraction of sp³-hybridized carbons (Fsp3) is 0.647. The van der Waals surface area contributed by atoms with Crippen molar-refractivity contribution < 1.29 is 0 Å². The number of unbranched alkanes of at least 4 members (excludes halogenated alkanes) is 1. The van der Waals surface area contributed by atoms with Gasteiger partial charge in [-0.1, -0.05) is 73.3 Å². The van der Waals surface area contributed by atoms with Crippen molar-refractivity contribution in [2.24, 2.45) is 5.41 Å². The zero-order valence-electron chi connectivity index (χ0n) is 11.7. The molecule has 1 fully saturated rings. The summed E-state index contributed by atoms with van der Waals surface area (Å²) in [6.45, 7) is 4.69. The number of hydrogen-bond donors (Lipinski definition) is 0. The molecule has 1 heteroatoms. The molecule has 18 heavy (non-hydrogen) atoms. The summed E-state index contributed by atoms with van der Waals surface area (Å²) in [6, 6.07) is 9.29. The highest BCUT2D eigenvalue weighted by Gasteiger charge is 2.36. The summed E-state index contributed by atoms with van der Waals surface area (Å²) in [5, 5.41) is 0. The molecule has 2 rings (SSSR count). The second kappa shape index (κ2) is 6.23. The van der Waals surface area contributed by atoms with E-state index in [0.717, 1.165) is 0 Å². The second-order valence-electron chi connectivity index (χ2n) is 6.07. The van der Waals surface area contributed by atoms with E-state index < -0.39 is 0 Å². The molecule has 0 nitrogen and oxygen atoms in total. The lowest BCUT2D eigenvalue weighted by molar-refractivity contribution is 0.331. The Morgan fingerprint density at radius 3 is 2.33 bits per heavy atom. The molecule has 1 aromatic rings. The van der Waals surface area contributed by atoms with E-state index in [1.54, 1.807) is 0 Å². The Balaban J connectivity index is 2.04. The summed E-state index contributed by atoms with van der Waals surface area (Å²) < 4.78 is 0. The SMILES string of the molecule is CCCCc1ccc(C(Br)C2(C)CCCC2)cc1. The zero-order chi connectivity index (χ0) is 13.0. The Kier molecular flexibility index (Phi) is 4.89. The summed E-state index contributed by atoms with van der Waals surface area (Å²) in [5.41, 5.74) is 3.40. The van der Waals surface area contributed by atoms with E-state index in [2.05, 4.69) is 54.0 Å². The highest BCUT2D eigenvalue weighted by atomic mass is 79.9. The van der Waals surface area contributed by atoms with Gasteiger partial charge in [0.05, 0.1) is 0 Å². The van der Waals surface area contributed by atoms with Crippen LogP contribution in [0.15, 0.2) is 24.3 Å². The number of rotatable bonds is 5. The Hall–Kier alpha value is -0.300. The van der Waals surface area contributed by atoms with E-state index in [1.165, 1.54) is 56.1 Å². The first-order chi connectivity index (χ1) is 8.65. The van der Waals surface area contributed by atoms with E-state index >= 15 is 0 Å². The van der Waals surface area contributed by atoms with Gasteiger partial charge in [0.1, 0.15) is 0 Å². The predicted molar refractivity (Wildman–Crippen MR) is 83.3 cm³/mol. The smallest absolute Gasteiger partial charge is 0.0448 e. The lowest BCUT2D eigenvalue weighted by Crippen LogP contribution is -2.17. The van der Waals surface area contributed by atoms with Crippen molar-refractivity contribution in [2.45, 2.75) is 63.6 Å². The average Bonchev–Trinajstić information content (AvgIpc) is 2.84. The number of hydrogen-bond acceptors (Lipinski definition) is 0. The minimum Gasteiger partial charge on any atom is -0.0833 e. The molecule has 0 saturated heterocycles. The third-order valence-corrected chi connectivity index (χ3v) is 6.08. The maximum Gasteiger partial charge on any atom is 0.0448 e. The quantitative estimate of drug-likeness (QED) is 0.581. The molecular weight excluding hydrogens is 284 g/mol.